The molecule has 0 amide bonds. The second-order valence-electron chi connectivity index (χ2n) is 10.6. The lowest BCUT2D eigenvalue weighted by atomic mass is 9.82. The molecule has 1 saturated carbocycles. The van der Waals surface area contributed by atoms with Crippen molar-refractivity contribution < 1.29 is 0 Å². The van der Waals surface area contributed by atoms with Gasteiger partial charge in [0.2, 0.25) is 0 Å². The number of aromatic nitrogens is 1. The van der Waals surface area contributed by atoms with Crippen LogP contribution >= 0.6 is 0 Å². The van der Waals surface area contributed by atoms with Gasteiger partial charge in [0.1, 0.15) is 11.8 Å². The minimum Gasteiger partial charge on any atom is -0.376 e. The van der Waals surface area contributed by atoms with Crippen LogP contribution in [0.5, 0.6) is 0 Å². The molecule has 0 aromatic carbocycles. The van der Waals surface area contributed by atoms with Gasteiger partial charge in [0.15, 0.2) is 5.84 Å². The smallest absolute Gasteiger partial charge is 0.150 e. The van der Waals surface area contributed by atoms with Crippen LogP contribution in [-0.4, -0.2) is 55.0 Å². The van der Waals surface area contributed by atoms with Crippen LogP contribution in [0.4, 0.5) is 5.69 Å². The summed E-state index contributed by atoms with van der Waals surface area (Å²) >= 11 is 0. The number of fused-ring (bicyclic) bond motifs is 2. The van der Waals surface area contributed by atoms with Crippen LogP contribution in [0.1, 0.15) is 62.8 Å². The van der Waals surface area contributed by atoms with E-state index in [1.165, 1.54) is 48.8 Å². The highest BCUT2D eigenvalue weighted by Crippen LogP contribution is 2.36. The molecule has 4 unspecified atom stereocenters. The van der Waals surface area contributed by atoms with Crippen molar-refractivity contribution in [3.8, 4) is 0 Å². The lowest BCUT2D eigenvalue weighted by molar-refractivity contribution is 0.350. The van der Waals surface area contributed by atoms with E-state index in [4.69, 9.17) is 10.1 Å². The predicted octanol–water partition coefficient (Wildman–Crippen LogP) is 3.96. The summed E-state index contributed by atoms with van der Waals surface area (Å²) in [5, 5.41) is 8.39. The third kappa shape index (κ3) is 4.05. The van der Waals surface area contributed by atoms with Gasteiger partial charge in [-0.1, -0.05) is 38.2 Å². The highest BCUT2D eigenvalue weighted by Gasteiger charge is 2.39. The number of amidine groups is 1. The van der Waals surface area contributed by atoms with Crippen molar-refractivity contribution in [1.82, 2.24) is 15.7 Å². The average Bonchev–Trinajstić information content (AvgIpc) is 3.49. The van der Waals surface area contributed by atoms with E-state index in [9.17, 15) is 0 Å². The molecule has 0 spiro atoms. The first-order valence-corrected chi connectivity index (χ1v) is 12.9. The van der Waals surface area contributed by atoms with Gasteiger partial charge in [-0.3, -0.25) is 15.0 Å². The molecule has 3 aliphatic heterocycles. The monoisotopic (exact) mass is 457 g/mol. The van der Waals surface area contributed by atoms with E-state index >= 15 is 0 Å². The quantitative estimate of drug-likeness (QED) is 0.702. The molecule has 6 rings (SSSR count). The highest BCUT2D eigenvalue weighted by molar-refractivity contribution is 6.49. The lowest BCUT2D eigenvalue weighted by Gasteiger charge is -2.26. The maximum atomic E-state index is 5.18. The number of rotatable bonds is 5. The zero-order chi connectivity index (χ0) is 23.1. The second kappa shape index (κ2) is 9.01. The predicted molar refractivity (Wildman–Crippen MR) is 139 cm³/mol. The van der Waals surface area contributed by atoms with Crippen molar-refractivity contribution in [3.63, 3.8) is 0 Å². The van der Waals surface area contributed by atoms with Gasteiger partial charge in [0.05, 0.1) is 24.0 Å². The summed E-state index contributed by atoms with van der Waals surface area (Å²) in [4.78, 5) is 16.4. The van der Waals surface area contributed by atoms with Crippen molar-refractivity contribution >= 4 is 23.4 Å². The normalized spacial score (nSPS) is 30.3. The van der Waals surface area contributed by atoms with Gasteiger partial charge in [0.25, 0.3) is 0 Å². The Hall–Kier alpha value is -2.96. The second-order valence-corrected chi connectivity index (χ2v) is 10.6. The Morgan fingerprint density at radius 1 is 1.06 bits per heavy atom. The van der Waals surface area contributed by atoms with Crippen LogP contribution in [0.3, 0.4) is 0 Å². The minimum atomic E-state index is 0.140. The Kier molecular flexibility index (Phi) is 5.71. The van der Waals surface area contributed by atoms with Crippen molar-refractivity contribution in [3.05, 3.63) is 47.4 Å². The van der Waals surface area contributed by atoms with Gasteiger partial charge in [-0.2, -0.15) is 5.10 Å². The number of pyridine rings is 1. The summed E-state index contributed by atoms with van der Waals surface area (Å²) in [6, 6.07) is 2.82. The van der Waals surface area contributed by atoms with Gasteiger partial charge < -0.3 is 15.6 Å². The number of aliphatic imine (C=N–C) groups is 2. The Morgan fingerprint density at radius 3 is 2.79 bits per heavy atom. The Balaban J connectivity index is 1.23. The van der Waals surface area contributed by atoms with E-state index in [0.717, 1.165) is 42.4 Å². The lowest BCUT2D eigenvalue weighted by Crippen LogP contribution is -2.41. The SMILES string of the molecule is CN(C)c1cncc(C2C=C3C(C4=NC5C(CC6CCCCC6)=CN=CC5N4)=NNC3CC2)c1. The summed E-state index contributed by atoms with van der Waals surface area (Å²) in [7, 11) is 4.12. The average molecular weight is 458 g/mol. The van der Waals surface area contributed by atoms with Gasteiger partial charge >= 0.3 is 0 Å². The summed E-state index contributed by atoms with van der Waals surface area (Å²) in [5.41, 5.74) is 9.41. The minimum absolute atomic E-state index is 0.140. The van der Waals surface area contributed by atoms with E-state index in [1.54, 1.807) is 0 Å². The van der Waals surface area contributed by atoms with Gasteiger partial charge in [0, 0.05) is 44.2 Å². The molecular weight excluding hydrogens is 422 g/mol. The van der Waals surface area contributed by atoms with Crippen molar-refractivity contribution in [1.29, 1.82) is 0 Å². The Bertz CT molecular complexity index is 1090. The fourth-order valence-electron chi connectivity index (χ4n) is 6.11. The van der Waals surface area contributed by atoms with Crippen LogP contribution in [0.25, 0.3) is 0 Å². The molecule has 7 heteroatoms. The first-order chi connectivity index (χ1) is 16.7. The maximum Gasteiger partial charge on any atom is 0.150 e. The van der Waals surface area contributed by atoms with Crippen molar-refractivity contribution in [2.75, 3.05) is 19.0 Å². The molecule has 5 aliphatic rings. The standard InChI is InChI=1S/C27H35N7/c1-34(2)21-11-19(13-28-15-21)18-8-9-23-22(12-18)26(33-32-23)27-30-24-16-29-14-20(25(24)31-27)10-17-6-4-3-5-7-17/h11-18,23-25,32H,3-10H2,1-2H3,(H,30,31). The molecule has 4 atom stereocenters. The fourth-order valence-corrected chi connectivity index (χ4v) is 6.11. The number of hydrogen-bond acceptors (Lipinski definition) is 7. The molecule has 4 heterocycles. The number of hydrazone groups is 1. The van der Waals surface area contributed by atoms with Gasteiger partial charge in [-0.25, -0.2) is 0 Å². The molecule has 178 valence electrons. The molecule has 7 nitrogen and oxygen atoms in total. The van der Waals surface area contributed by atoms with Crippen LogP contribution in [0, 0.1) is 5.92 Å². The molecule has 1 aromatic rings. The molecule has 1 fully saturated rings. The Morgan fingerprint density at radius 2 is 1.94 bits per heavy atom. The number of anilines is 1. The van der Waals surface area contributed by atoms with E-state index in [2.05, 4.69) is 58.1 Å². The van der Waals surface area contributed by atoms with Crippen molar-refractivity contribution in [2.24, 2.45) is 21.0 Å². The third-order valence-corrected chi connectivity index (χ3v) is 8.07. The molecule has 34 heavy (non-hydrogen) atoms. The van der Waals surface area contributed by atoms with Crippen molar-refractivity contribution in [2.45, 2.75) is 75.4 Å². The van der Waals surface area contributed by atoms with Gasteiger partial charge in [-0.05, 0) is 42.4 Å². The molecule has 1 aromatic heterocycles. The zero-order valence-electron chi connectivity index (χ0n) is 20.2. The van der Waals surface area contributed by atoms with E-state index in [1.807, 2.05) is 18.6 Å². The van der Waals surface area contributed by atoms with E-state index < -0.39 is 0 Å². The summed E-state index contributed by atoms with van der Waals surface area (Å²) in [6.45, 7) is 0. The highest BCUT2D eigenvalue weighted by atomic mass is 15.3. The maximum absolute atomic E-state index is 5.18. The zero-order valence-corrected chi connectivity index (χ0v) is 20.2. The number of allylic oxidation sites excluding steroid dienone is 1. The fraction of sp³-hybridized carbons (Fsp3) is 0.556. The van der Waals surface area contributed by atoms with Crippen LogP contribution in [0.2, 0.25) is 0 Å². The summed E-state index contributed by atoms with van der Waals surface area (Å²) < 4.78 is 0. The van der Waals surface area contributed by atoms with Crippen LogP contribution < -0.4 is 15.6 Å². The van der Waals surface area contributed by atoms with E-state index in [-0.39, 0.29) is 18.1 Å². The molecule has 0 saturated heterocycles. The molecule has 2 aliphatic carbocycles. The number of hydrogen-bond donors (Lipinski definition) is 2. The first-order valence-electron chi connectivity index (χ1n) is 12.9. The molecule has 2 N–H and O–H groups in total. The number of nitrogens with one attached hydrogen (secondary N) is 2. The first kappa shape index (κ1) is 21.6. The largest absolute Gasteiger partial charge is 0.376 e. The van der Waals surface area contributed by atoms with Crippen LogP contribution in [-0.2, 0) is 0 Å². The topological polar surface area (TPSA) is 77.3 Å². The van der Waals surface area contributed by atoms with E-state index in [0.29, 0.717) is 5.92 Å². The van der Waals surface area contributed by atoms with Crippen LogP contribution in [0.15, 0.2) is 57.0 Å². The summed E-state index contributed by atoms with van der Waals surface area (Å²) in [6.07, 6.45) is 20.5. The van der Waals surface area contributed by atoms with Gasteiger partial charge in [-0.15, -0.1) is 0 Å². The Labute approximate surface area is 202 Å². The molecular formula is C27H35N7. The molecule has 0 radical (unpaired) electrons. The summed E-state index contributed by atoms with van der Waals surface area (Å²) in [5.74, 6) is 2.05. The number of nitrogens with zero attached hydrogens (tertiary/aromatic N) is 5. The third-order valence-electron chi connectivity index (χ3n) is 8.07. The molecule has 0 bridgehead atoms.